The van der Waals surface area contributed by atoms with Gasteiger partial charge in [0, 0.05) is 13.0 Å². The molecule has 0 aromatic rings. The molecule has 1 amide bonds. The summed E-state index contributed by atoms with van der Waals surface area (Å²) in [7, 11) is 0. The normalized spacial score (nSPS) is 22.0. The molecule has 1 rings (SSSR count). The maximum atomic E-state index is 13.4. The van der Waals surface area contributed by atoms with Gasteiger partial charge in [-0.1, -0.05) is 148 Å². The molecule has 1 heterocycles. The Hall–Kier alpha value is -0.990. The second kappa shape index (κ2) is 29.2. The molecule has 1 aliphatic rings. The zero-order valence-corrected chi connectivity index (χ0v) is 29.4. The number of allylic oxidation sites excluding steroid dienone is 2. The standard InChI is InChI=1S/C38H73NO6/c1-3-5-7-9-11-13-15-17-18-19-20-22-24-26-28-30-34(41)39(38-37(44)36(43)35(42)33(32-40)45-38)31-29-27-25-23-21-16-14-12-10-8-6-4-2/h17-18,33,35-38,40,42-44H,3-16,19-32H2,1-2H3/b18-17-/t33-,35-,36+,37-,38?/m1/s1. The van der Waals surface area contributed by atoms with E-state index in [1.54, 1.807) is 4.90 Å². The molecular weight excluding hydrogens is 566 g/mol. The van der Waals surface area contributed by atoms with Gasteiger partial charge in [0.25, 0.3) is 0 Å². The molecule has 1 aliphatic heterocycles. The van der Waals surface area contributed by atoms with Crippen molar-refractivity contribution in [2.24, 2.45) is 0 Å². The molecule has 1 unspecified atom stereocenters. The summed E-state index contributed by atoms with van der Waals surface area (Å²) >= 11 is 0. The highest BCUT2D eigenvalue weighted by Gasteiger charge is 2.46. The molecule has 0 radical (unpaired) electrons. The largest absolute Gasteiger partial charge is 0.394 e. The van der Waals surface area contributed by atoms with Crippen molar-refractivity contribution in [1.29, 1.82) is 0 Å². The molecule has 7 heteroatoms. The van der Waals surface area contributed by atoms with Crippen LogP contribution < -0.4 is 0 Å². The van der Waals surface area contributed by atoms with Crippen molar-refractivity contribution in [1.82, 2.24) is 4.90 Å². The Morgan fingerprint density at radius 3 is 1.47 bits per heavy atom. The molecule has 7 nitrogen and oxygen atoms in total. The van der Waals surface area contributed by atoms with Crippen molar-refractivity contribution in [2.75, 3.05) is 13.2 Å². The highest BCUT2D eigenvalue weighted by Crippen LogP contribution is 2.25. The third-order valence-corrected chi connectivity index (χ3v) is 9.40. The fourth-order valence-corrected chi connectivity index (χ4v) is 6.35. The number of amides is 1. The quantitative estimate of drug-likeness (QED) is 0.0464. The second-order valence-electron chi connectivity index (χ2n) is 13.5. The van der Waals surface area contributed by atoms with Gasteiger partial charge in [-0.15, -0.1) is 0 Å². The Balaban J connectivity index is 2.36. The summed E-state index contributed by atoms with van der Waals surface area (Å²) in [6.07, 6.45) is 28.8. The van der Waals surface area contributed by atoms with Crippen LogP contribution in [0, 0.1) is 0 Å². The lowest BCUT2D eigenvalue weighted by Gasteiger charge is -2.44. The molecule has 45 heavy (non-hydrogen) atoms. The van der Waals surface area contributed by atoms with Crippen LogP contribution in [0.1, 0.15) is 181 Å². The van der Waals surface area contributed by atoms with Crippen molar-refractivity contribution >= 4 is 5.91 Å². The summed E-state index contributed by atoms with van der Waals surface area (Å²) < 4.78 is 5.79. The van der Waals surface area contributed by atoms with E-state index in [1.807, 2.05) is 0 Å². The van der Waals surface area contributed by atoms with Gasteiger partial charge in [0.05, 0.1) is 6.61 Å². The van der Waals surface area contributed by atoms with Gasteiger partial charge < -0.3 is 30.1 Å². The number of unbranched alkanes of at least 4 members (excludes halogenated alkanes) is 22. The molecule has 0 aliphatic carbocycles. The Morgan fingerprint density at radius 2 is 1.00 bits per heavy atom. The maximum absolute atomic E-state index is 13.4. The molecule has 0 saturated carbocycles. The number of carbonyl (C=O) groups is 1. The summed E-state index contributed by atoms with van der Waals surface area (Å²) in [5, 5.41) is 41.0. The number of aliphatic hydroxyl groups excluding tert-OH is 4. The SMILES string of the molecule is CCCCCCCC/C=C\CCCCCCCC(=O)N(CCCCCCCCCCCCCC)C1O[C@H](CO)[C@@H](O)[C@H](O)[C@H]1O. The summed E-state index contributed by atoms with van der Waals surface area (Å²) in [5.41, 5.74) is 0. The minimum absolute atomic E-state index is 0.0972. The predicted molar refractivity (Wildman–Crippen MR) is 186 cm³/mol. The topological polar surface area (TPSA) is 110 Å². The maximum Gasteiger partial charge on any atom is 0.224 e. The van der Waals surface area contributed by atoms with E-state index in [1.165, 1.54) is 109 Å². The molecule has 1 fully saturated rings. The predicted octanol–water partition coefficient (Wildman–Crippen LogP) is 8.35. The van der Waals surface area contributed by atoms with Crippen molar-refractivity contribution in [2.45, 2.75) is 211 Å². The first-order chi connectivity index (χ1) is 22.0. The van der Waals surface area contributed by atoms with Gasteiger partial charge in [0.2, 0.25) is 5.91 Å². The van der Waals surface area contributed by atoms with Gasteiger partial charge in [0.15, 0.2) is 6.23 Å². The monoisotopic (exact) mass is 640 g/mol. The highest BCUT2D eigenvalue weighted by molar-refractivity contribution is 5.76. The Bertz CT molecular complexity index is 702. The first-order valence-corrected chi connectivity index (χ1v) is 19.2. The number of hydrogen-bond acceptors (Lipinski definition) is 6. The minimum Gasteiger partial charge on any atom is -0.394 e. The van der Waals surface area contributed by atoms with Crippen molar-refractivity contribution in [3.8, 4) is 0 Å². The van der Waals surface area contributed by atoms with Crippen LogP contribution in [-0.2, 0) is 9.53 Å². The van der Waals surface area contributed by atoms with E-state index in [0.717, 1.165) is 51.4 Å². The van der Waals surface area contributed by atoms with Gasteiger partial charge in [-0.25, -0.2) is 0 Å². The van der Waals surface area contributed by atoms with Crippen LogP contribution >= 0.6 is 0 Å². The van der Waals surface area contributed by atoms with Gasteiger partial charge in [-0.2, -0.15) is 0 Å². The van der Waals surface area contributed by atoms with Crippen LogP contribution in [-0.4, -0.2) is 75.0 Å². The molecule has 0 aromatic carbocycles. The summed E-state index contributed by atoms with van der Waals surface area (Å²) in [4.78, 5) is 14.9. The summed E-state index contributed by atoms with van der Waals surface area (Å²) in [5.74, 6) is -0.0972. The van der Waals surface area contributed by atoms with Crippen LogP contribution in [0.2, 0.25) is 0 Å². The van der Waals surface area contributed by atoms with E-state index in [9.17, 15) is 25.2 Å². The van der Waals surface area contributed by atoms with Crippen LogP contribution in [0.3, 0.4) is 0 Å². The average molecular weight is 640 g/mol. The zero-order chi connectivity index (χ0) is 33.0. The Kier molecular flexibility index (Phi) is 27.2. The number of ether oxygens (including phenoxy) is 1. The Labute approximate surface area is 277 Å². The smallest absolute Gasteiger partial charge is 0.224 e. The average Bonchev–Trinajstić information content (AvgIpc) is 3.04. The van der Waals surface area contributed by atoms with E-state index < -0.39 is 37.3 Å². The first kappa shape index (κ1) is 42.0. The van der Waals surface area contributed by atoms with Crippen LogP contribution in [0.15, 0.2) is 12.2 Å². The molecule has 0 bridgehead atoms. The number of rotatable bonds is 30. The van der Waals surface area contributed by atoms with E-state index in [-0.39, 0.29) is 5.91 Å². The molecular formula is C38H73NO6. The van der Waals surface area contributed by atoms with Gasteiger partial charge in [0.1, 0.15) is 24.4 Å². The molecule has 1 saturated heterocycles. The minimum atomic E-state index is -1.47. The summed E-state index contributed by atoms with van der Waals surface area (Å²) in [6, 6.07) is 0. The lowest BCUT2D eigenvalue weighted by atomic mass is 9.97. The molecule has 5 atom stereocenters. The van der Waals surface area contributed by atoms with Crippen LogP contribution in [0.4, 0.5) is 0 Å². The van der Waals surface area contributed by atoms with Crippen LogP contribution in [0.5, 0.6) is 0 Å². The lowest BCUT2D eigenvalue weighted by molar-refractivity contribution is -0.262. The van der Waals surface area contributed by atoms with E-state index >= 15 is 0 Å². The van der Waals surface area contributed by atoms with Gasteiger partial charge >= 0.3 is 0 Å². The van der Waals surface area contributed by atoms with Crippen LogP contribution in [0.25, 0.3) is 0 Å². The number of nitrogens with zero attached hydrogens (tertiary/aromatic N) is 1. The van der Waals surface area contributed by atoms with Crippen molar-refractivity contribution in [3.63, 3.8) is 0 Å². The van der Waals surface area contributed by atoms with Gasteiger partial charge in [-0.3, -0.25) is 4.79 Å². The molecule has 266 valence electrons. The third kappa shape index (κ3) is 20.1. The molecule has 0 aromatic heterocycles. The zero-order valence-electron chi connectivity index (χ0n) is 29.4. The van der Waals surface area contributed by atoms with E-state index in [0.29, 0.717) is 13.0 Å². The number of hydrogen-bond donors (Lipinski definition) is 4. The fourth-order valence-electron chi connectivity index (χ4n) is 6.35. The van der Waals surface area contributed by atoms with Crippen molar-refractivity contribution in [3.05, 3.63) is 12.2 Å². The summed E-state index contributed by atoms with van der Waals surface area (Å²) in [6.45, 7) is 4.45. The fraction of sp³-hybridized carbons (Fsp3) is 0.921. The molecule has 4 N–H and O–H groups in total. The van der Waals surface area contributed by atoms with E-state index in [2.05, 4.69) is 26.0 Å². The Morgan fingerprint density at radius 1 is 0.578 bits per heavy atom. The van der Waals surface area contributed by atoms with Gasteiger partial charge in [-0.05, 0) is 38.5 Å². The van der Waals surface area contributed by atoms with E-state index in [4.69, 9.17) is 4.74 Å². The first-order valence-electron chi connectivity index (χ1n) is 19.2. The number of aliphatic hydroxyl groups is 4. The third-order valence-electron chi connectivity index (χ3n) is 9.40. The van der Waals surface area contributed by atoms with Crippen molar-refractivity contribution < 1.29 is 30.0 Å². The molecule has 0 spiro atoms. The lowest BCUT2D eigenvalue weighted by Crippen LogP contribution is -2.64. The number of carbonyl (C=O) groups excluding carboxylic acids is 1. The highest BCUT2D eigenvalue weighted by atomic mass is 16.6. The second-order valence-corrected chi connectivity index (χ2v) is 13.5.